The second kappa shape index (κ2) is 12.9. The topological polar surface area (TPSA) is 40.2 Å². The van der Waals surface area contributed by atoms with Gasteiger partial charge in [-0.05, 0) is 13.0 Å². The molecular formula is C11H25NO4. The summed E-state index contributed by atoms with van der Waals surface area (Å²) in [6, 6.07) is 0. The monoisotopic (exact) mass is 235 g/mol. The van der Waals surface area contributed by atoms with Crippen molar-refractivity contribution in [3.05, 3.63) is 0 Å². The Balaban J connectivity index is 3.45. The molecule has 0 saturated carbocycles. The highest BCUT2D eigenvalue weighted by atomic mass is 16.7. The van der Waals surface area contributed by atoms with Gasteiger partial charge in [0, 0.05) is 27.3 Å². The van der Waals surface area contributed by atoms with E-state index in [1.54, 1.807) is 14.2 Å². The third-order valence-electron chi connectivity index (χ3n) is 2.05. The Hall–Kier alpha value is -0.200. The standard InChI is InChI=1S/C11H25NO4/c1-4-5-12(6-8-15-10-13-2)7-9-16-11-14-3/h4-11H2,1-3H3. The lowest BCUT2D eigenvalue weighted by molar-refractivity contribution is -0.0485. The molecule has 0 bridgehead atoms. The van der Waals surface area contributed by atoms with Crippen molar-refractivity contribution >= 4 is 0 Å². The first kappa shape index (κ1) is 15.8. The summed E-state index contributed by atoms with van der Waals surface area (Å²) in [7, 11) is 3.25. The number of rotatable bonds is 12. The van der Waals surface area contributed by atoms with Crippen LogP contribution in [0.25, 0.3) is 0 Å². The third-order valence-corrected chi connectivity index (χ3v) is 2.05. The van der Waals surface area contributed by atoms with Crippen molar-refractivity contribution in [3.8, 4) is 0 Å². The normalized spacial score (nSPS) is 11.2. The fraction of sp³-hybridized carbons (Fsp3) is 1.00. The van der Waals surface area contributed by atoms with E-state index in [-0.39, 0.29) is 0 Å². The van der Waals surface area contributed by atoms with Gasteiger partial charge in [0.2, 0.25) is 0 Å². The molecule has 0 fully saturated rings. The predicted octanol–water partition coefficient (Wildman–Crippen LogP) is 0.939. The molecule has 0 atom stereocenters. The highest BCUT2D eigenvalue weighted by molar-refractivity contribution is 4.55. The molecule has 0 amide bonds. The van der Waals surface area contributed by atoms with Gasteiger partial charge in [0.25, 0.3) is 0 Å². The molecule has 0 rings (SSSR count). The van der Waals surface area contributed by atoms with Gasteiger partial charge in [0.1, 0.15) is 13.6 Å². The molecule has 0 aromatic heterocycles. The molecule has 5 heteroatoms. The Morgan fingerprint density at radius 1 is 0.812 bits per heavy atom. The number of hydrogen-bond donors (Lipinski definition) is 0. The van der Waals surface area contributed by atoms with Crippen molar-refractivity contribution in [3.63, 3.8) is 0 Å². The summed E-state index contributed by atoms with van der Waals surface area (Å²) in [4.78, 5) is 2.31. The van der Waals surface area contributed by atoms with E-state index >= 15 is 0 Å². The largest absolute Gasteiger partial charge is 0.359 e. The molecule has 5 nitrogen and oxygen atoms in total. The van der Waals surface area contributed by atoms with Crippen molar-refractivity contribution in [1.82, 2.24) is 4.90 Å². The minimum atomic E-state index is 0.361. The first-order valence-electron chi connectivity index (χ1n) is 5.70. The summed E-state index contributed by atoms with van der Waals surface area (Å²) in [6.45, 7) is 7.16. The summed E-state index contributed by atoms with van der Waals surface area (Å²) >= 11 is 0. The highest BCUT2D eigenvalue weighted by Crippen LogP contribution is 1.92. The molecule has 0 N–H and O–H groups in total. The van der Waals surface area contributed by atoms with Crippen molar-refractivity contribution in [1.29, 1.82) is 0 Å². The molecule has 0 radical (unpaired) electrons. The first-order chi connectivity index (χ1) is 7.85. The van der Waals surface area contributed by atoms with Crippen molar-refractivity contribution < 1.29 is 18.9 Å². The number of methoxy groups -OCH3 is 2. The summed E-state index contributed by atoms with van der Waals surface area (Å²) in [5.74, 6) is 0. The molecule has 0 saturated heterocycles. The SMILES string of the molecule is CCCN(CCOCOC)CCOCOC. The van der Waals surface area contributed by atoms with Crippen LogP contribution in [0.1, 0.15) is 13.3 Å². The van der Waals surface area contributed by atoms with Crippen LogP contribution in [0.4, 0.5) is 0 Å². The predicted molar refractivity (Wildman–Crippen MR) is 62.4 cm³/mol. The fourth-order valence-electron chi connectivity index (χ4n) is 1.32. The Morgan fingerprint density at radius 2 is 1.31 bits per heavy atom. The van der Waals surface area contributed by atoms with Crippen LogP contribution in [-0.4, -0.2) is 65.6 Å². The maximum atomic E-state index is 5.26. The molecule has 0 aliphatic carbocycles. The Kier molecular flexibility index (Phi) is 12.7. The van der Waals surface area contributed by atoms with Gasteiger partial charge in [-0.2, -0.15) is 0 Å². The molecule has 0 heterocycles. The minimum absolute atomic E-state index is 0.361. The van der Waals surface area contributed by atoms with Gasteiger partial charge in [0.05, 0.1) is 13.2 Å². The van der Waals surface area contributed by atoms with Gasteiger partial charge >= 0.3 is 0 Å². The molecule has 16 heavy (non-hydrogen) atoms. The molecule has 98 valence electrons. The number of ether oxygens (including phenoxy) is 4. The van der Waals surface area contributed by atoms with E-state index in [4.69, 9.17) is 18.9 Å². The quantitative estimate of drug-likeness (QED) is 0.372. The average molecular weight is 235 g/mol. The van der Waals surface area contributed by atoms with E-state index in [0.717, 1.165) is 26.1 Å². The van der Waals surface area contributed by atoms with Crippen molar-refractivity contribution in [2.75, 3.05) is 60.7 Å². The summed E-state index contributed by atoms with van der Waals surface area (Å²) in [5, 5.41) is 0. The van der Waals surface area contributed by atoms with Crippen LogP contribution in [0.15, 0.2) is 0 Å². The minimum Gasteiger partial charge on any atom is -0.359 e. The Bertz CT molecular complexity index is 123. The lowest BCUT2D eigenvalue weighted by Crippen LogP contribution is -2.32. The van der Waals surface area contributed by atoms with Gasteiger partial charge < -0.3 is 18.9 Å². The summed E-state index contributed by atoms with van der Waals surface area (Å²) in [6.07, 6.45) is 1.13. The van der Waals surface area contributed by atoms with E-state index in [0.29, 0.717) is 26.8 Å². The molecular weight excluding hydrogens is 210 g/mol. The highest BCUT2D eigenvalue weighted by Gasteiger charge is 2.03. The van der Waals surface area contributed by atoms with Gasteiger partial charge in [0.15, 0.2) is 0 Å². The Morgan fingerprint density at radius 3 is 1.69 bits per heavy atom. The van der Waals surface area contributed by atoms with Gasteiger partial charge in [-0.3, -0.25) is 4.90 Å². The maximum absolute atomic E-state index is 5.26. The molecule has 0 aliphatic rings. The Labute approximate surface area is 98.6 Å². The smallest absolute Gasteiger partial charge is 0.146 e. The molecule has 0 aliphatic heterocycles. The molecule has 0 unspecified atom stereocenters. The molecule has 0 aromatic rings. The van der Waals surface area contributed by atoms with E-state index < -0.39 is 0 Å². The zero-order chi connectivity index (χ0) is 12.1. The van der Waals surface area contributed by atoms with Crippen LogP contribution >= 0.6 is 0 Å². The second-order valence-electron chi connectivity index (χ2n) is 3.47. The lowest BCUT2D eigenvalue weighted by atomic mass is 10.4. The van der Waals surface area contributed by atoms with Crippen LogP contribution in [0.2, 0.25) is 0 Å². The van der Waals surface area contributed by atoms with E-state index in [9.17, 15) is 0 Å². The van der Waals surface area contributed by atoms with E-state index in [1.807, 2.05) is 0 Å². The average Bonchev–Trinajstić information content (AvgIpc) is 2.30. The second-order valence-corrected chi connectivity index (χ2v) is 3.47. The first-order valence-corrected chi connectivity index (χ1v) is 5.70. The zero-order valence-corrected chi connectivity index (χ0v) is 10.7. The number of nitrogens with zero attached hydrogens (tertiary/aromatic N) is 1. The molecule has 0 aromatic carbocycles. The van der Waals surface area contributed by atoms with Crippen molar-refractivity contribution in [2.24, 2.45) is 0 Å². The van der Waals surface area contributed by atoms with Crippen molar-refractivity contribution in [2.45, 2.75) is 13.3 Å². The van der Waals surface area contributed by atoms with E-state index in [2.05, 4.69) is 11.8 Å². The van der Waals surface area contributed by atoms with Gasteiger partial charge in [-0.1, -0.05) is 6.92 Å². The third kappa shape index (κ3) is 10.3. The van der Waals surface area contributed by atoms with Gasteiger partial charge in [-0.25, -0.2) is 0 Å². The van der Waals surface area contributed by atoms with Crippen LogP contribution in [0.3, 0.4) is 0 Å². The summed E-state index contributed by atoms with van der Waals surface area (Å²) < 4.78 is 20.1. The lowest BCUT2D eigenvalue weighted by Gasteiger charge is -2.21. The number of hydrogen-bond acceptors (Lipinski definition) is 5. The van der Waals surface area contributed by atoms with Crippen LogP contribution in [-0.2, 0) is 18.9 Å². The summed E-state index contributed by atoms with van der Waals surface area (Å²) in [5.41, 5.74) is 0. The van der Waals surface area contributed by atoms with Crippen LogP contribution in [0.5, 0.6) is 0 Å². The zero-order valence-electron chi connectivity index (χ0n) is 10.7. The fourth-order valence-corrected chi connectivity index (χ4v) is 1.32. The van der Waals surface area contributed by atoms with Gasteiger partial charge in [-0.15, -0.1) is 0 Å². The van der Waals surface area contributed by atoms with Crippen LogP contribution < -0.4 is 0 Å². The maximum Gasteiger partial charge on any atom is 0.146 e. The van der Waals surface area contributed by atoms with Crippen LogP contribution in [0, 0.1) is 0 Å². The molecule has 0 spiro atoms. The van der Waals surface area contributed by atoms with E-state index in [1.165, 1.54) is 0 Å².